The van der Waals surface area contributed by atoms with E-state index in [2.05, 4.69) is 59.1 Å². The fourth-order valence-corrected chi connectivity index (χ4v) is 4.05. The van der Waals surface area contributed by atoms with E-state index in [4.69, 9.17) is 14.2 Å². The lowest BCUT2D eigenvalue weighted by Crippen LogP contribution is -2.41. The standard InChI is InChI=1S/C29H44O4.C2H6/c1-10-13-23(6)33-27-25(24(7)26(30)28(31-8)29(27)32-9)19-18-22(5)17-12-16-21(4)15-11-14-20(2)3;1-2/h10,14,16,18,24-25,27H,1,6,11-13,15,17,19H2,2-5,7-9H3;1-2H3/b21-16+,22-18+;. The molecule has 0 saturated carbocycles. The van der Waals surface area contributed by atoms with Crippen LogP contribution in [0, 0.1) is 11.8 Å². The minimum Gasteiger partial charge on any atom is -0.493 e. The van der Waals surface area contributed by atoms with E-state index in [0.717, 1.165) is 32.1 Å². The summed E-state index contributed by atoms with van der Waals surface area (Å²) in [6.45, 7) is 22.3. The molecule has 4 nitrogen and oxygen atoms in total. The van der Waals surface area contributed by atoms with Gasteiger partial charge in [0.2, 0.25) is 11.5 Å². The van der Waals surface area contributed by atoms with E-state index < -0.39 is 6.10 Å². The smallest absolute Gasteiger partial charge is 0.204 e. The van der Waals surface area contributed by atoms with Gasteiger partial charge in [-0.15, -0.1) is 6.58 Å². The van der Waals surface area contributed by atoms with E-state index in [1.54, 1.807) is 13.2 Å². The van der Waals surface area contributed by atoms with Crippen LogP contribution in [0.15, 0.2) is 71.5 Å². The normalized spacial score (nSPS) is 20.5. The van der Waals surface area contributed by atoms with Crippen molar-refractivity contribution >= 4 is 5.78 Å². The first-order valence-corrected chi connectivity index (χ1v) is 12.9. The maximum absolute atomic E-state index is 12.9. The van der Waals surface area contributed by atoms with E-state index in [1.165, 1.54) is 23.8 Å². The summed E-state index contributed by atoms with van der Waals surface area (Å²) in [6, 6.07) is 0. The van der Waals surface area contributed by atoms with E-state index >= 15 is 0 Å². The molecule has 1 aliphatic carbocycles. The first kappa shape index (κ1) is 32.5. The van der Waals surface area contributed by atoms with E-state index in [0.29, 0.717) is 17.9 Å². The van der Waals surface area contributed by atoms with Gasteiger partial charge in [-0.1, -0.05) is 68.4 Å². The second-order valence-electron chi connectivity index (χ2n) is 9.18. The highest BCUT2D eigenvalue weighted by Crippen LogP contribution is 2.38. The minimum atomic E-state index is -0.425. The molecule has 0 aliphatic heterocycles. The van der Waals surface area contributed by atoms with Crippen molar-refractivity contribution in [1.29, 1.82) is 0 Å². The third-order valence-electron chi connectivity index (χ3n) is 6.10. The van der Waals surface area contributed by atoms with Crippen LogP contribution in [0.4, 0.5) is 0 Å². The molecule has 0 aromatic rings. The molecule has 0 saturated heterocycles. The molecule has 0 aromatic carbocycles. The van der Waals surface area contributed by atoms with Crippen molar-refractivity contribution in [2.75, 3.05) is 14.2 Å². The number of rotatable bonds is 14. The van der Waals surface area contributed by atoms with Gasteiger partial charge in [-0.25, -0.2) is 0 Å². The zero-order chi connectivity index (χ0) is 27.0. The minimum absolute atomic E-state index is 0.0468. The quantitative estimate of drug-likeness (QED) is 0.182. The first-order chi connectivity index (χ1) is 16.7. The Kier molecular flexibility index (Phi) is 16.6. The van der Waals surface area contributed by atoms with Gasteiger partial charge in [-0.2, -0.15) is 0 Å². The summed E-state index contributed by atoms with van der Waals surface area (Å²) >= 11 is 0. The van der Waals surface area contributed by atoms with Gasteiger partial charge in [0.15, 0.2) is 11.9 Å². The fraction of sp³-hybridized carbons (Fsp3) is 0.581. The van der Waals surface area contributed by atoms with Crippen molar-refractivity contribution in [2.45, 2.75) is 93.1 Å². The molecule has 0 spiro atoms. The van der Waals surface area contributed by atoms with Gasteiger partial charge < -0.3 is 14.2 Å². The lowest BCUT2D eigenvalue weighted by molar-refractivity contribution is -0.128. The number of methoxy groups -OCH3 is 2. The summed E-state index contributed by atoms with van der Waals surface area (Å²) in [5.41, 5.74) is 4.12. The van der Waals surface area contributed by atoms with Crippen LogP contribution in [0.25, 0.3) is 0 Å². The molecule has 0 heterocycles. The Hall–Kier alpha value is -2.49. The Balaban J connectivity index is 0.00000562. The zero-order valence-corrected chi connectivity index (χ0v) is 23.8. The number of Topliss-reactive ketones (excluding diaryl/α,β-unsaturated/α-hetero) is 1. The van der Waals surface area contributed by atoms with Crippen LogP contribution in [0.3, 0.4) is 0 Å². The van der Waals surface area contributed by atoms with E-state index in [1.807, 2.05) is 20.8 Å². The summed E-state index contributed by atoms with van der Waals surface area (Å²) in [5.74, 6) is 0.921. The second-order valence-corrected chi connectivity index (χ2v) is 9.18. The number of ketones is 1. The van der Waals surface area contributed by atoms with Crippen LogP contribution in [-0.4, -0.2) is 26.1 Å². The van der Waals surface area contributed by atoms with Crippen LogP contribution in [-0.2, 0) is 19.0 Å². The Morgan fingerprint density at radius 2 is 1.51 bits per heavy atom. The summed E-state index contributed by atoms with van der Waals surface area (Å²) < 4.78 is 17.2. The molecule has 35 heavy (non-hydrogen) atoms. The van der Waals surface area contributed by atoms with Gasteiger partial charge in [0.05, 0.1) is 20.0 Å². The Bertz CT molecular complexity index is 806. The fourth-order valence-electron chi connectivity index (χ4n) is 4.05. The monoisotopic (exact) mass is 486 g/mol. The largest absolute Gasteiger partial charge is 0.493 e. The number of hydrogen-bond acceptors (Lipinski definition) is 4. The molecule has 198 valence electrons. The Morgan fingerprint density at radius 3 is 2.03 bits per heavy atom. The van der Waals surface area contributed by atoms with Gasteiger partial charge in [0.1, 0.15) is 0 Å². The topological polar surface area (TPSA) is 44.8 Å². The number of ether oxygens (including phenoxy) is 3. The van der Waals surface area contributed by atoms with Crippen molar-refractivity contribution < 1.29 is 19.0 Å². The molecule has 4 heteroatoms. The molecular weight excluding hydrogens is 436 g/mol. The maximum Gasteiger partial charge on any atom is 0.204 e. The van der Waals surface area contributed by atoms with Crippen molar-refractivity contribution in [3.8, 4) is 0 Å². The highest BCUT2D eigenvalue weighted by Gasteiger charge is 2.44. The number of hydrogen-bond donors (Lipinski definition) is 0. The van der Waals surface area contributed by atoms with Crippen molar-refractivity contribution in [2.24, 2.45) is 11.8 Å². The van der Waals surface area contributed by atoms with Crippen LogP contribution >= 0.6 is 0 Å². The highest BCUT2D eigenvalue weighted by molar-refractivity contribution is 5.97. The van der Waals surface area contributed by atoms with Gasteiger partial charge in [0, 0.05) is 18.3 Å². The highest BCUT2D eigenvalue weighted by atomic mass is 16.5. The summed E-state index contributed by atoms with van der Waals surface area (Å²) in [4.78, 5) is 12.9. The Morgan fingerprint density at radius 1 is 0.943 bits per heavy atom. The third kappa shape index (κ3) is 11.2. The van der Waals surface area contributed by atoms with Crippen LogP contribution in [0.2, 0.25) is 0 Å². The average molecular weight is 487 g/mol. The average Bonchev–Trinajstić information content (AvgIpc) is 2.82. The molecular formula is C31H50O4. The molecule has 0 aromatic heterocycles. The van der Waals surface area contributed by atoms with Crippen molar-refractivity contribution in [1.82, 2.24) is 0 Å². The summed E-state index contributed by atoms with van der Waals surface area (Å²) in [6.07, 6.45) is 13.7. The Labute approximate surface area is 215 Å². The summed E-state index contributed by atoms with van der Waals surface area (Å²) in [5, 5.41) is 0. The van der Waals surface area contributed by atoms with Crippen LogP contribution in [0.5, 0.6) is 0 Å². The predicted octanol–water partition coefficient (Wildman–Crippen LogP) is 8.64. The molecule has 0 N–H and O–H groups in total. The third-order valence-corrected chi connectivity index (χ3v) is 6.10. The number of allylic oxidation sites excluding steroid dienone is 8. The van der Waals surface area contributed by atoms with Crippen LogP contribution in [0.1, 0.15) is 87.0 Å². The lowest BCUT2D eigenvalue weighted by atomic mass is 9.77. The molecule has 0 radical (unpaired) electrons. The predicted molar refractivity (Wildman–Crippen MR) is 149 cm³/mol. The molecule has 1 aliphatic rings. The molecule has 0 amide bonds. The molecule has 3 unspecified atom stereocenters. The van der Waals surface area contributed by atoms with E-state index in [-0.39, 0.29) is 23.4 Å². The maximum atomic E-state index is 12.9. The van der Waals surface area contributed by atoms with Gasteiger partial charge in [0.25, 0.3) is 0 Å². The van der Waals surface area contributed by atoms with E-state index in [9.17, 15) is 4.79 Å². The van der Waals surface area contributed by atoms with Crippen molar-refractivity contribution in [3.63, 3.8) is 0 Å². The number of carbonyl (C=O) groups excluding carboxylic acids is 1. The first-order valence-electron chi connectivity index (χ1n) is 12.9. The van der Waals surface area contributed by atoms with Gasteiger partial charge in [-0.05, 0) is 59.8 Å². The van der Waals surface area contributed by atoms with Gasteiger partial charge >= 0.3 is 0 Å². The lowest BCUT2D eigenvalue weighted by Gasteiger charge is -2.37. The second kappa shape index (κ2) is 17.9. The SMILES string of the molecule is C=CCC(=C)OC1C(OC)=C(OC)C(=O)C(C)C1C/C=C(\C)CC/C=C(\C)CCC=C(C)C.CC. The molecule has 0 fully saturated rings. The van der Waals surface area contributed by atoms with Crippen LogP contribution < -0.4 is 0 Å². The summed E-state index contributed by atoms with van der Waals surface area (Å²) in [7, 11) is 3.04. The molecule has 3 atom stereocenters. The molecule has 0 bridgehead atoms. The van der Waals surface area contributed by atoms with Gasteiger partial charge in [-0.3, -0.25) is 4.79 Å². The zero-order valence-electron chi connectivity index (χ0n) is 23.8. The van der Waals surface area contributed by atoms with Crippen molar-refractivity contribution in [3.05, 3.63) is 71.5 Å². The molecule has 1 rings (SSSR count). The number of carbonyl (C=O) groups is 1.